The smallest absolute Gasteiger partial charge is 0.243 e. The first kappa shape index (κ1) is 13.4. The number of aliphatic hydroxyl groups is 1. The van der Waals surface area contributed by atoms with Crippen LogP contribution in [0, 0.1) is 11.8 Å². The molecule has 0 spiro atoms. The molecule has 0 aromatic heterocycles. The second-order valence-electron chi connectivity index (χ2n) is 5.35. The molecule has 2 fully saturated rings. The average molecular weight is 302 g/mol. The molecule has 3 rings (SSSR count). The Balaban J connectivity index is 1.87. The summed E-state index contributed by atoms with van der Waals surface area (Å²) in [4.78, 5) is 0.231. The Hall–Kier alpha value is -0.620. The molecule has 1 aliphatic carbocycles. The average Bonchev–Trinajstić information content (AvgIpc) is 2.92. The van der Waals surface area contributed by atoms with E-state index in [1.54, 1.807) is 18.2 Å². The zero-order valence-corrected chi connectivity index (χ0v) is 11.9. The normalized spacial score (nSPS) is 31.6. The van der Waals surface area contributed by atoms with Gasteiger partial charge >= 0.3 is 0 Å². The van der Waals surface area contributed by atoms with Crippen LogP contribution in [0.2, 0.25) is 5.02 Å². The Labute approximate surface area is 118 Å². The van der Waals surface area contributed by atoms with Gasteiger partial charge in [-0.3, -0.25) is 0 Å². The van der Waals surface area contributed by atoms with Crippen molar-refractivity contribution in [1.29, 1.82) is 0 Å². The Morgan fingerprint density at radius 3 is 2.74 bits per heavy atom. The van der Waals surface area contributed by atoms with Gasteiger partial charge in [-0.1, -0.05) is 17.7 Å². The van der Waals surface area contributed by atoms with Gasteiger partial charge in [-0.05, 0) is 37.0 Å². The lowest BCUT2D eigenvalue weighted by Crippen LogP contribution is -2.31. The second-order valence-corrected chi connectivity index (χ2v) is 7.72. The monoisotopic (exact) mass is 301 g/mol. The molecule has 1 aliphatic heterocycles. The van der Waals surface area contributed by atoms with E-state index < -0.39 is 10.0 Å². The number of halogens is 1. The highest BCUT2D eigenvalue weighted by Crippen LogP contribution is 2.40. The first-order chi connectivity index (χ1) is 8.98. The molecular weight excluding hydrogens is 286 g/mol. The van der Waals surface area contributed by atoms with Crippen LogP contribution in [0.3, 0.4) is 0 Å². The summed E-state index contributed by atoms with van der Waals surface area (Å²) >= 11 is 5.85. The van der Waals surface area contributed by atoms with Crippen LogP contribution >= 0.6 is 11.6 Å². The molecule has 4 nitrogen and oxygen atoms in total. The van der Waals surface area contributed by atoms with Crippen molar-refractivity contribution in [1.82, 2.24) is 4.31 Å². The maximum absolute atomic E-state index is 12.5. The lowest BCUT2D eigenvalue weighted by Gasteiger charge is -2.18. The summed E-state index contributed by atoms with van der Waals surface area (Å²) in [6, 6.07) is 6.33. The summed E-state index contributed by atoms with van der Waals surface area (Å²) in [5.74, 6) is 0.387. The van der Waals surface area contributed by atoms with Crippen molar-refractivity contribution in [2.45, 2.75) is 23.8 Å². The second kappa shape index (κ2) is 4.74. The fourth-order valence-corrected chi connectivity index (χ4v) is 5.00. The fourth-order valence-electron chi connectivity index (χ4n) is 3.17. The van der Waals surface area contributed by atoms with Crippen LogP contribution in [-0.4, -0.2) is 37.0 Å². The van der Waals surface area contributed by atoms with Crippen molar-refractivity contribution >= 4 is 21.6 Å². The van der Waals surface area contributed by atoms with Gasteiger partial charge in [-0.2, -0.15) is 4.31 Å². The molecule has 0 bridgehead atoms. The van der Waals surface area contributed by atoms with Crippen LogP contribution < -0.4 is 0 Å². The molecule has 3 unspecified atom stereocenters. The van der Waals surface area contributed by atoms with Crippen LogP contribution in [0.4, 0.5) is 0 Å². The van der Waals surface area contributed by atoms with E-state index >= 15 is 0 Å². The first-order valence-corrected chi connectivity index (χ1v) is 8.24. The van der Waals surface area contributed by atoms with Crippen molar-refractivity contribution < 1.29 is 13.5 Å². The molecule has 1 saturated heterocycles. The minimum absolute atomic E-state index is 0.0916. The van der Waals surface area contributed by atoms with Crippen LogP contribution in [0.1, 0.15) is 12.8 Å². The molecule has 1 N–H and O–H groups in total. The zero-order valence-electron chi connectivity index (χ0n) is 10.4. The maximum Gasteiger partial charge on any atom is 0.243 e. The quantitative estimate of drug-likeness (QED) is 0.905. The third kappa shape index (κ3) is 2.29. The van der Waals surface area contributed by atoms with Crippen molar-refractivity contribution in [2.75, 3.05) is 13.1 Å². The third-order valence-corrected chi connectivity index (χ3v) is 6.28. The van der Waals surface area contributed by atoms with E-state index in [-0.39, 0.29) is 16.9 Å². The molecular formula is C13H16ClNO3S. The minimum atomic E-state index is -3.49. The van der Waals surface area contributed by atoms with Crippen molar-refractivity contribution in [3.8, 4) is 0 Å². The molecule has 104 valence electrons. The van der Waals surface area contributed by atoms with Gasteiger partial charge < -0.3 is 5.11 Å². The van der Waals surface area contributed by atoms with E-state index in [4.69, 9.17) is 11.6 Å². The summed E-state index contributed by atoms with van der Waals surface area (Å²) < 4.78 is 26.5. The standard InChI is InChI=1S/C13H16ClNO3S/c14-10-2-1-3-11(6-10)19(17,18)15-7-9-4-5-13(16)12(9)8-15/h1-3,6,9,12-13,16H,4-5,7-8H2. The molecule has 1 aromatic carbocycles. The Kier molecular flexibility index (Phi) is 3.33. The topological polar surface area (TPSA) is 57.6 Å². The van der Waals surface area contributed by atoms with Crippen LogP contribution in [0.15, 0.2) is 29.2 Å². The minimum Gasteiger partial charge on any atom is -0.393 e. The van der Waals surface area contributed by atoms with E-state index in [1.807, 2.05) is 0 Å². The number of fused-ring (bicyclic) bond motifs is 1. The Morgan fingerprint density at radius 2 is 2.05 bits per heavy atom. The molecule has 0 amide bonds. The van der Waals surface area contributed by atoms with Gasteiger partial charge in [0.2, 0.25) is 10.0 Å². The molecule has 0 radical (unpaired) electrons. The van der Waals surface area contributed by atoms with Gasteiger partial charge in [0.1, 0.15) is 0 Å². The lowest BCUT2D eigenvalue weighted by molar-refractivity contribution is 0.129. The third-order valence-electron chi connectivity index (χ3n) is 4.22. The number of aliphatic hydroxyl groups excluding tert-OH is 1. The summed E-state index contributed by atoms with van der Waals surface area (Å²) in [6.07, 6.45) is 1.35. The Bertz CT molecular complexity index is 589. The number of nitrogens with zero attached hydrogens (tertiary/aromatic N) is 1. The van der Waals surface area contributed by atoms with Crippen LogP contribution in [0.5, 0.6) is 0 Å². The van der Waals surface area contributed by atoms with Gasteiger partial charge in [0, 0.05) is 24.0 Å². The molecule has 1 saturated carbocycles. The van der Waals surface area contributed by atoms with Crippen LogP contribution in [0.25, 0.3) is 0 Å². The highest BCUT2D eigenvalue weighted by Gasteiger charge is 2.45. The highest BCUT2D eigenvalue weighted by atomic mass is 35.5. The number of hydrogen-bond donors (Lipinski definition) is 1. The van der Waals surface area contributed by atoms with Crippen molar-refractivity contribution in [3.05, 3.63) is 29.3 Å². The highest BCUT2D eigenvalue weighted by molar-refractivity contribution is 7.89. The predicted molar refractivity (Wildman–Crippen MR) is 72.4 cm³/mol. The van der Waals surface area contributed by atoms with E-state index in [1.165, 1.54) is 10.4 Å². The SMILES string of the molecule is O=S(=O)(c1cccc(Cl)c1)N1CC2CCC(O)C2C1. The number of rotatable bonds is 2. The molecule has 2 aliphatic rings. The van der Waals surface area contributed by atoms with E-state index in [0.717, 1.165) is 12.8 Å². The maximum atomic E-state index is 12.5. The Morgan fingerprint density at radius 1 is 1.26 bits per heavy atom. The molecule has 1 heterocycles. The molecule has 1 aromatic rings. The van der Waals surface area contributed by atoms with Gasteiger partial charge in [0.05, 0.1) is 11.0 Å². The number of hydrogen-bond acceptors (Lipinski definition) is 3. The lowest BCUT2D eigenvalue weighted by atomic mass is 10.00. The summed E-state index contributed by atoms with van der Waals surface area (Å²) in [7, 11) is -3.49. The summed E-state index contributed by atoms with van der Waals surface area (Å²) in [6.45, 7) is 0.928. The van der Waals surface area contributed by atoms with Crippen LogP contribution in [-0.2, 0) is 10.0 Å². The van der Waals surface area contributed by atoms with E-state index in [9.17, 15) is 13.5 Å². The number of sulfonamides is 1. The number of benzene rings is 1. The zero-order chi connectivity index (χ0) is 13.6. The van der Waals surface area contributed by atoms with E-state index in [0.29, 0.717) is 24.0 Å². The molecule has 6 heteroatoms. The summed E-state index contributed by atoms with van der Waals surface area (Å²) in [5, 5.41) is 10.3. The fraction of sp³-hybridized carbons (Fsp3) is 0.538. The van der Waals surface area contributed by atoms with Gasteiger partial charge in [-0.15, -0.1) is 0 Å². The summed E-state index contributed by atoms with van der Waals surface area (Å²) in [5.41, 5.74) is 0. The molecule has 3 atom stereocenters. The van der Waals surface area contributed by atoms with Gasteiger partial charge in [0.25, 0.3) is 0 Å². The van der Waals surface area contributed by atoms with Gasteiger partial charge in [-0.25, -0.2) is 8.42 Å². The van der Waals surface area contributed by atoms with Gasteiger partial charge in [0.15, 0.2) is 0 Å². The van der Waals surface area contributed by atoms with E-state index in [2.05, 4.69) is 0 Å². The largest absolute Gasteiger partial charge is 0.393 e. The van der Waals surface area contributed by atoms with Crippen molar-refractivity contribution in [2.24, 2.45) is 11.8 Å². The molecule has 19 heavy (non-hydrogen) atoms. The van der Waals surface area contributed by atoms with Crippen molar-refractivity contribution in [3.63, 3.8) is 0 Å². The predicted octanol–water partition coefficient (Wildman–Crippen LogP) is 1.73. The first-order valence-electron chi connectivity index (χ1n) is 6.42.